The summed E-state index contributed by atoms with van der Waals surface area (Å²) in [5.41, 5.74) is -5.61. The van der Waals surface area contributed by atoms with Crippen molar-refractivity contribution in [3.8, 4) is 0 Å². The molecule has 1 heterocycles. The molecule has 13 atom stereocenters. The Kier molecular flexibility index (Phi) is 2.95. The van der Waals surface area contributed by atoms with Crippen LogP contribution in [0, 0.1) is 34.5 Å². The lowest BCUT2D eigenvalue weighted by Gasteiger charge is -2.68. The highest BCUT2D eigenvalue weighted by molar-refractivity contribution is 5.40. The molecule has 5 saturated carbocycles. The van der Waals surface area contributed by atoms with Gasteiger partial charge in [-0.25, -0.2) is 0 Å². The van der Waals surface area contributed by atoms with E-state index in [0.29, 0.717) is 19.3 Å². The highest BCUT2D eigenvalue weighted by atomic mass is 16.5. The second-order valence-electron chi connectivity index (χ2n) is 10.7. The summed E-state index contributed by atoms with van der Waals surface area (Å²) in [5, 5.41) is 79.9. The van der Waals surface area contributed by atoms with E-state index in [1.807, 2.05) is 6.92 Å². The molecule has 6 rings (SSSR count). The topological polar surface area (TPSA) is 145 Å². The highest BCUT2D eigenvalue weighted by Crippen LogP contribution is 2.79. The van der Waals surface area contributed by atoms with E-state index in [-0.39, 0.29) is 13.0 Å². The number of aliphatic hydroxyl groups excluding tert-OH is 4. The van der Waals surface area contributed by atoms with Crippen molar-refractivity contribution < 1.29 is 35.8 Å². The summed E-state index contributed by atoms with van der Waals surface area (Å²) in [6.45, 7) is 2.22. The summed E-state index contributed by atoms with van der Waals surface area (Å²) in [6.07, 6.45) is -2.88. The quantitative estimate of drug-likeness (QED) is 0.256. The Labute approximate surface area is 157 Å². The SMILES string of the molecule is C[C@@]12CCC(O)[C@@]34[C@@H]5C[C@@H]6C(O)C[C@@](O)([C@H]5C6O)[C@@](O)(C(O)[C@H]13)[C@@H]4N(O)C2. The fourth-order valence-electron chi connectivity index (χ4n) is 9.42. The van der Waals surface area contributed by atoms with Crippen LogP contribution in [0.5, 0.6) is 0 Å². The number of nitrogens with zero attached hydrogens (tertiary/aromatic N) is 1. The lowest BCUT2D eigenvalue weighted by molar-refractivity contribution is -0.353. The number of fused-ring (bicyclic) bond motifs is 2. The molecule has 7 bridgehead atoms. The molecular formula is C19H29NO7. The van der Waals surface area contributed by atoms with Crippen LogP contribution in [-0.4, -0.2) is 89.1 Å². The molecule has 8 heteroatoms. The first kappa shape index (κ1) is 17.5. The van der Waals surface area contributed by atoms with Gasteiger partial charge in [0.05, 0.1) is 30.5 Å². The van der Waals surface area contributed by atoms with Crippen molar-refractivity contribution in [1.29, 1.82) is 0 Å². The molecule has 5 aliphatic carbocycles. The number of aliphatic hydroxyl groups is 6. The van der Waals surface area contributed by atoms with E-state index in [1.54, 1.807) is 0 Å². The Bertz CT molecular complexity index is 722. The van der Waals surface area contributed by atoms with Crippen LogP contribution in [0.3, 0.4) is 0 Å². The van der Waals surface area contributed by atoms with Crippen LogP contribution >= 0.6 is 0 Å². The van der Waals surface area contributed by atoms with E-state index in [2.05, 4.69) is 0 Å². The lowest BCUT2D eigenvalue weighted by Crippen LogP contribution is -2.81. The van der Waals surface area contributed by atoms with Crippen LogP contribution in [0.1, 0.15) is 32.6 Å². The summed E-state index contributed by atoms with van der Waals surface area (Å²) >= 11 is 0. The van der Waals surface area contributed by atoms with Crippen molar-refractivity contribution in [3.63, 3.8) is 0 Å². The average Bonchev–Trinajstić information content (AvgIpc) is 2.96. The second-order valence-corrected chi connectivity index (χ2v) is 10.7. The Morgan fingerprint density at radius 1 is 1.07 bits per heavy atom. The zero-order chi connectivity index (χ0) is 19.3. The maximum absolute atomic E-state index is 11.9. The van der Waals surface area contributed by atoms with Gasteiger partial charge in [0.2, 0.25) is 0 Å². The first-order valence-corrected chi connectivity index (χ1v) is 10.2. The number of hydrogen-bond acceptors (Lipinski definition) is 8. The number of hydrogen-bond donors (Lipinski definition) is 7. The van der Waals surface area contributed by atoms with Crippen LogP contribution in [0.2, 0.25) is 0 Å². The molecule has 0 amide bonds. The van der Waals surface area contributed by atoms with Crippen molar-refractivity contribution in [2.45, 2.75) is 74.3 Å². The van der Waals surface area contributed by atoms with Crippen molar-refractivity contribution in [3.05, 3.63) is 0 Å². The van der Waals surface area contributed by atoms with Gasteiger partial charge in [-0.05, 0) is 30.6 Å². The molecule has 4 unspecified atom stereocenters. The molecule has 0 aromatic rings. The zero-order valence-corrected chi connectivity index (χ0v) is 15.3. The largest absolute Gasteiger partial charge is 0.393 e. The molecule has 1 saturated heterocycles. The molecule has 0 radical (unpaired) electrons. The molecular weight excluding hydrogens is 354 g/mol. The molecule has 6 aliphatic rings. The van der Waals surface area contributed by atoms with Gasteiger partial charge in [-0.2, -0.15) is 5.06 Å². The van der Waals surface area contributed by atoms with Gasteiger partial charge < -0.3 is 35.8 Å². The number of rotatable bonds is 0. The van der Waals surface area contributed by atoms with Gasteiger partial charge in [0, 0.05) is 36.1 Å². The van der Waals surface area contributed by atoms with Gasteiger partial charge in [0.15, 0.2) is 0 Å². The van der Waals surface area contributed by atoms with E-state index >= 15 is 0 Å². The summed E-state index contributed by atoms with van der Waals surface area (Å²) in [5.74, 6) is -2.05. The molecule has 27 heavy (non-hydrogen) atoms. The first-order valence-electron chi connectivity index (χ1n) is 10.2. The summed E-state index contributed by atoms with van der Waals surface area (Å²) < 4.78 is 0. The lowest BCUT2D eigenvalue weighted by atomic mass is 9.43. The molecule has 6 fully saturated rings. The Hall–Kier alpha value is -0.320. The Morgan fingerprint density at radius 2 is 1.78 bits per heavy atom. The standard InChI is InChI=1S/C19H29NO7/c1-16-3-2-10(22)18-8-4-7-9(21)5-17(25,11(8)12(7)23)19(26,14(24)13(16)18)15(18)20(27)6-16/h7-15,21-27H,2-6H2,1H3/t7-,8-,9?,10?,11-,12?,13-,14?,15-,16+,17-,18+,19-/m1/s1. The normalized spacial score (nSPS) is 71.8. The Morgan fingerprint density at radius 3 is 2.48 bits per heavy atom. The average molecular weight is 383 g/mol. The zero-order valence-electron chi connectivity index (χ0n) is 15.3. The van der Waals surface area contributed by atoms with E-state index in [9.17, 15) is 35.8 Å². The van der Waals surface area contributed by atoms with Crippen molar-refractivity contribution in [2.75, 3.05) is 6.54 Å². The van der Waals surface area contributed by atoms with Crippen LogP contribution in [-0.2, 0) is 0 Å². The van der Waals surface area contributed by atoms with Crippen molar-refractivity contribution >= 4 is 0 Å². The third-order valence-corrected chi connectivity index (χ3v) is 10.0. The predicted octanol–water partition coefficient (Wildman–Crippen LogP) is -1.95. The monoisotopic (exact) mass is 383 g/mol. The molecule has 152 valence electrons. The van der Waals surface area contributed by atoms with Gasteiger partial charge >= 0.3 is 0 Å². The van der Waals surface area contributed by atoms with Crippen LogP contribution < -0.4 is 0 Å². The third-order valence-electron chi connectivity index (χ3n) is 10.0. The summed E-state index contributed by atoms with van der Waals surface area (Å²) in [6, 6.07) is -1.03. The number of piperidine rings is 1. The predicted molar refractivity (Wildman–Crippen MR) is 89.2 cm³/mol. The Balaban J connectivity index is 1.69. The van der Waals surface area contributed by atoms with Gasteiger partial charge in [0.1, 0.15) is 11.2 Å². The van der Waals surface area contributed by atoms with Gasteiger partial charge in [-0.3, -0.25) is 0 Å². The van der Waals surface area contributed by atoms with Crippen molar-refractivity contribution in [1.82, 2.24) is 5.06 Å². The van der Waals surface area contributed by atoms with E-state index in [1.165, 1.54) is 0 Å². The van der Waals surface area contributed by atoms with Gasteiger partial charge in [-0.15, -0.1) is 0 Å². The summed E-state index contributed by atoms with van der Waals surface area (Å²) in [7, 11) is 0. The third kappa shape index (κ3) is 1.42. The molecule has 0 aromatic heterocycles. The smallest absolute Gasteiger partial charge is 0.138 e. The van der Waals surface area contributed by atoms with E-state index < -0.39 is 76.2 Å². The van der Waals surface area contributed by atoms with Crippen LogP contribution in [0.25, 0.3) is 0 Å². The minimum atomic E-state index is -2.13. The van der Waals surface area contributed by atoms with Gasteiger partial charge in [-0.1, -0.05) is 6.92 Å². The van der Waals surface area contributed by atoms with Gasteiger partial charge in [0.25, 0.3) is 0 Å². The molecule has 8 nitrogen and oxygen atoms in total. The number of hydroxylamine groups is 2. The fraction of sp³-hybridized carbons (Fsp3) is 1.00. The molecule has 1 spiro atoms. The maximum atomic E-state index is 11.9. The highest BCUT2D eigenvalue weighted by Gasteiger charge is 2.90. The van der Waals surface area contributed by atoms with E-state index in [0.717, 1.165) is 5.06 Å². The second kappa shape index (κ2) is 4.54. The first-order chi connectivity index (χ1) is 12.5. The maximum Gasteiger partial charge on any atom is 0.138 e. The van der Waals surface area contributed by atoms with Crippen LogP contribution in [0.4, 0.5) is 0 Å². The fourth-order valence-corrected chi connectivity index (χ4v) is 9.42. The van der Waals surface area contributed by atoms with Crippen molar-refractivity contribution in [2.24, 2.45) is 34.5 Å². The molecule has 0 aromatic carbocycles. The molecule has 7 N–H and O–H groups in total. The minimum absolute atomic E-state index is 0.149. The molecule has 1 aliphatic heterocycles. The van der Waals surface area contributed by atoms with E-state index in [4.69, 9.17) is 0 Å². The summed E-state index contributed by atoms with van der Waals surface area (Å²) in [4.78, 5) is 0. The van der Waals surface area contributed by atoms with Crippen LogP contribution in [0.15, 0.2) is 0 Å². The minimum Gasteiger partial charge on any atom is -0.393 e.